The topological polar surface area (TPSA) is 102 Å². The third-order valence-electron chi connectivity index (χ3n) is 7.44. The Morgan fingerprint density at radius 2 is 1.74 bits per heavy atom. The van der Waals surface area contributed by atoms with Crippen molar-refractivity contribution in [2.45, 2.75) is 39.2 Å². The number of carbonyl (C=O) groups excluding carboxylic acids is 1. The van der Waals surface area contributed by atoms with E-state index in [0.29, 0.717) is 23.0 Å². The van der Waals surface area contributed by atoms with Crippen LogP contribution in [-0.4, -0.2) is 49.1 Å². The molecule has 220 valence electrons. The molecule has 1 aliphatic heterocycles. The minimum absolute atomic E-state index is 0.182. The van der Waals surface area contributed by atoms with Crippen LogP contribution >= 0.6 is 0 Å². The molecule has 0 aliphatic carbocycles. The van der Waals surface area contributed by atoms with Gasteiger partial charge in [0.25, 0.3) is 0 Å². The first-order valence-corrected chi connectivity index (χ1v) is 14.3. The lowest BCUT2D eigenvalue weighted by molar-refractivity contribution is 0.262. The van der Waals surface area contributed by atoms with E-state index in [0.717, 1.165) is 42.1 Å². The lowest BCUT2D eigenvalue weighted by Crippen LogP contribution is -2.26. The number of fused-ring (bicyclic) bond motifs is 1. The molecule has 2 amide bonds. The summed E-state index contributed by atoms with van der Waals surface area (Å²) in [5.41, 5.74) is 6.61. The maximum absolute atomic E-state index is 13.1. The number of urea groups is 1. The molecule has 5 aromatic rings. The van der Waals surface area contributed by atoms with Gasteiger partial charge in [0.15, 0.2) is 0 Å². The molecule has 1 aliphatic rings. The molecule has 0 bridgehead atoms. The first kappa shape index (κ1) is 28.2. The van der Waals surface area contributed by atoms with Gasteiger partial charge >= 0.3 is 6.03 Å². The molecule has 0 saturated carbocycles. The molecule has 0 spiro atoms. The monoisotopic (exact) mass is 576 g/mol. The number of rotatable bonds is 6. The van der Waals surface area contributed by atoms with Crippen LogP contribution in [-0.2, 0) is 25.4 Å². The number of aryl methyl sites for hydroxylation is 1. The minimum Gasteiger partial charge on any atom is -0.457 e. The Labute approximate surface area is 251 Å². The summed E-state index contributed by atoms with van der Waals surface area (Å²) in [4.78, 5) is 19.9. The van der Waals surface area contributed by atoms with Gasteiger partial charge in [0.2, 0.25) is 0 Å². The van der Waals surface area contributed by atoms with Gasteiger partial charge in [-0.1, -0.05) is 26.8 Å². The van der Waals surface area contributed by atoms with Crippen LogP contribution in [0.3, 0.4) is 0 Å². The third kappa shape index (κ3) is 6.44. The highest BCUT2D eigenvalue weighted by Crippen LogP contribution is 2.29. The summed E-state index contributed by atoms with van der Waals surface area (Å²) >= 11 is 0. The van der Waals surface area contributed by atoms with Crippen molar-refractivity contribution in [2.24, 2.45) is 7.05 Å². The van der Waals surface area contributed by atoms with Crippen LogP contribution in [0.5, 0.6) is 11.5 Å². The second kappa shape index (κ2) is 11.4. The van der Waals surface area contributed by atoms with E-state index in [-0.39, 0.29) is 11.4 Å². The summed E-state index contributed by atoms with van der Waals surface area (Å²) in [6.45, 7) is 8.30. The van der Waals surface area contributed by atoms with Gasteiger partial charge in [-0.15, -0.1) is 0 Å². The molecule has 3 aromatic heterocycles. The number of ether oxygens (including phenoxy) is 1. The highest BCUT2D eigenvalue weighted by atomic mass is 16.5. The van der Waals surface area contributed by atoms with Crippen LogP contribution in [0.2, 0.25) is 0 Å². The van der Waals surface area contributed by atoms with Crippen LogP contribution < -0.4 is 15.4 Å². The smallest absolute Gasteiger partial charge is 0.324 e. The van der Waals surface area contributed by atoms with E-state index in [1.54, 1.807) is 35.3 Å². The zero-order valence-corrected chi connectivity index (χ0v) is 25.1. The SMILES string of the molecule is CN1CCc2cc(-n3nc(C(C)(C)C)cc3NC(=O)Nc3ccc(Oc4ccnc(-c5cnn(C)c5)c4)cc3)ccc2C1. The summed E-state index contributed by atoms with van der Waals surface area (Å²) in [5.74, 6) is 1.91. The van der Waals surface area contributed by atoms with Gasteiger partial charge in [-0.3, -0.25) is 15.0 Å². The van der Waals surface area contributed by atoms with Crippen molar-refractivity contribution < 1.29 is 9.53 Å². The molecule has 0 saturated heterocycles. The molecule has 4 heterocycles. The Kier molecular flexibility index (Phi) is 7.45. The number of benzene rings is 2. The molecule has 2 N–H and O–H groups in total. The normalized spacial score (nSPS) is 13.4. The Morgan fingerprint density at radius 1 is 0.930 bits per heavy atom. The first-order valence-electron chi connectivity index (χ1n) is 14.3. The van der Waals surface area contributed by atoms with Gasteiger partial charge in [-0.2, -0.15) is 10.2 Å². The van der Waals surface area contributed by atoms with Gasteiger partial charge in [-0.25, -0.2) is 9.48 Å². The van der Waals surface area contributed by atoms with Gasteiger partial charge in [0, 0.05) is 61.3 Å². The fourth-order valence-electron chi connectivity index (χ4n) is 5.05. The molecule has 0 unspecified atom stereocenters. The standard InChI is InChI=1S/C33H36N8O2/c1-33(2,3)30-18-31(41(38-30)26-9-6-23-20-39(4)15-13-22(23)16-26)37-32(42)36-25-7-10-27(11-8-25)43-28-12-14-34-29(17-28)24-19-35-40(5)21-24/h6-12,14,16-19,21H,13,15,20H2,1-5H3,(H2,36,37,42). The molecule has 0 atom stereocenters. The number of nitrogens with one attached hydrogen (secondary N) is 2. The maximum atomic E-state index is 13.1. The largest absolute Gasteiger partial charge is 0.457 e. The Morgan fingerprint density at radius 3 is 2.49 bits per heavy atom. The number of likely N-dealkylation sites (N-methyl/N-ethyl adjacent to an activating group) is 1. The minimum atomic E-state index is -0.356. The second-order valence-electron chi connectivity index (χ2n) is 12.0. The van der Waals surface area contributed by atoms with E-state index in [4.69, 9.17) is 9.84 Å². The van der Waals surface area contributed by atoms with Crippen molar-refractivity contribution in [3.05, 3.63) is 96.1 Å². The number of hydrogen-bond donors (Lipinski definition) is 2. The molecular weight excluding hydrogens is 540 g/mol. The molecule has 2 aromatic carbocycles. The molecule has 10 heteroatoms. The van der Waals surface area contributed by atoms with Crippen molar-refractivity contribution in [3.8, 4) is 28.4 Å². The summed E-state index contributed by atoms with van der Waals surface area (Å²) in [6, 6.07) is 18.9. The van der Waals surface area contributed by atoms with Crippen LogP contribution in [0.25, 0.3) is 16.9 Å². The van der Waals surface area contributed by atoms with Crippen LogP contribution in [0.4, 0.5) is 16.3 Å². The Balaban J connectivity index is 1.15. The molecule has 6 rings (SSSR count). The highest BCUT2D eigenvalue weighted by Gasteiger charge is 2.22. The van der Waals surface area contributed by atoms with E-state index in [1.807, 2.05) is 42.2 Å². The lowest BCUT2D eigenvalue weighted by atomic mass is 9.92. The maximum Gasteiger partial charge on any atom is 0.324 e. The fraction of sp³-hybridized carbons (Fsp3) is 0.273. The number of aromatic nitrogens is 5. The number of hydrogen-bond acceptors (Lipinski definition) is 6. The quantitative estimate of drug-likeness (QED) is 0.243. The molecule has 43 heavy (non-hydrogen) atoms. The van der Waals surface area contributed by atoms with E-state index >= 15 is 0 Å². The summed E-state index contributed by atoms with van der Waals surface area (Å²) in [6.07, 6.45) is 6.36. The Bertz CT molecular complexity index is 1760. The average Bonchev–Trinajstić information content (AvgIpc) is 3.60. The fourth-order valence-corrected chi connectivity index (χ4v) is 5.05. The number of nitrogens with zero attached hydrogens (tertiary/aromatic N) is 6. The van der Waals surface area contributed by atoms with Crippen LogP contribution in [0, 0.1) is 0 Å². The third-order valence-corrected chi connectivity index (χ3v) is 7.44. The number of carbonyl (C=O) groups is 1. The first-order chi connectivity index (χ1) is 20.6. The highest BCUT2D eigenvalue weighted by molar-refractivity contribution is 5.99. The zero-order chi connectivity index (χ0) is 30.1. The van der Waals surface area contributed by atoms with Gasteiger partial charge < -0.3 is 15.0 Å². The van der Waals surface area contributed by atoms with Gasteiger partial charge in [-0.05, 0) is 67.1 Å². The van der Waals surface area contributed by atoms with E-state index in [1.165, 1.54) is 11.1 Å². The predicted octanol–water partition coefficient (Wildman–Crippen LogP) is 6.39. The van der Waals surface area contributed by atoms with E-state index < -0.39 is 0 Å². The average molecular weight is 577 g/mol. The van der Waals surface area contributed by atoms with E-state index in [2.05, 4.69) is 71.6 Å². The van der Waals surface area contributed by atoms with Crippen molar-refractivity contribution in [3.63, 3.8) is 0 Å². The molecule has 0 radical (unpaired) electrons. The van der Waals surface area contributed by atoms with Crippen molar-refractivity contribution in [1.29, 1.82) is 0 Å². The zero-order valence-electron chi connectivity index (χ0n) is 25.1. The summed E-state index contributed by atoms with van der Waals surface area (Å²) < 4.78 is 9.59. The van der Waals surface area contributed by atoms with Crippen LogP contribution in [0.15, 0.2) is 79.3 Å². The number of amides is 2. The van der Waals surface area contributed by atoms with Crippen molar-refractivity contribution in [1.82, 2.24) is 29.4 Å². The van der Waals surface area contributed by atoms with E-state index in [9.17, 15) is 4.79 Å². The molecular formula is C33H36N8O2. The predicted molar refractivity (Wildman–Crippen MR) is 168 cm³/mol. The lowest BCUT2D eigenvalue weighted by Gasteiger charge is -2.25. The summed E-state index contributed by atoms with van der Waals surface area (Å²) in [5, 5.41) is 15.0. The Hall–Kier alpha value is -4.96. The molecule has 0 fully saturated rings. The number of pyridine rings is 1. The summed E-state index contributed by atoms with van der Waals surface area (Å²) in [7, 11) is 4.01. The van der Waals surface area contributed by atoms with Crippen LogP contribution in [0.1, 0.15) is 37.6 Å². The van der Waals surface area contributed by atoms with Crippen molar-refractivity contribution in [2.75, 3.05) is 24.2 Å². The van der Waals surface area contributed by atoms with Crippen molar-refractivity contribution >= 4 is 17.5 Å². The number of anilines is 2. The van der Waals surface area contributed by atoms with Gasteiger partial charge in [0.1, 0.15) is 17.3 Å². The second-order valence-corrected chi connectivity index (χ2v) is 12.0. The molecule has 10 nitrogen and oxygen atoms in total. The van der Waals surface area contributed by atoms with Gasteiger partial charge in [0.05, 0.1) is 23.3 Å².